The van der Waals surface area contributed by atoms with Crippen molar-refractivity contribution in [3.8, 4) is 5.75 Å². The highest BCUT2D eigenvalue weighted by molar-refractivity contribution is 6.17. The van der Waals surface area contributed by atoms with Crippen molar-refractivity contribution >= 4 is 11.6 Å². The Balaban J connectivity index is 2.56. The zero-order valence-corrected chi connectivity index (χ0v) is 8.68. The molecule has 0 atom stereocenters. The molecule has 0 aliphatic rings. The van der Waals surface area contributed by atoms with E-state index in [0.29, 0.717) is 5.88 Å². The van der Waals surface area contributed by atoms with Gasteiger partial charge in [-0.2, -0.15) is 0 Å². The van der Waals surface area contributed by atoms with Gasteiger partial charge < -0.3 is 4.74 Å². The van der Waals surface area contributed by atoms with E-state index in [1.807, 2.05) is 12.1 Å². The maximum Gasteiger partial charge on any atom is 0.119 e. The molecule has 0 N–H and O–H groups in total. The summed E-state index contributed by atoms with van der Waals surface area (Å²) in [6.45, 7) is 2.88. The predicted molar refractivity (Wildman–Crippen MR) is 56.7 cm³/mol. The number of hydrogen-bond acceptors (Lipinski definition) is 1. The summed E-state index contributed by atoms with van der Waals surface area (Å²) < 4.78 is 5.50. The Labute approximate surface area is 84.7 Å². The molecule has 1 nitrogen and oxygen atoms in total. The molecule has 0 aliphatic carbocycles. The predicted octanol–water partition coefficient (Wildman–Crippen LogP) is 3.26. The number of alkyl halides is 1. The molecule has 0 unspecified atom stereocenters. The summed E-state index contributed by atoms with van der Waals surface area (Å²) in [5, 5.41) is 0. The van der Waals surface area contributed by atoms with Gasteiger partial charge in [0.1, 0.15) is 5.75 Å². The smallest absolute Gasteiger partial charge is 0.119 e. The molecule has 72 valence electrons. The van der Waals surface area contributed by atoms with Crippen LogP contribution in [-0.2, 0) is 6.42 Å². The number of hydrogen-bond donors (Lipinski definition) is 0. The van der Waals surface area contributed by atoms with E-state index in [4.69, 9.17) is 16.3 Å². The Morgan fingerprint density at radius 2 is 2.23 bits per heavy atom. The Morgan fingerprint density at radius 3 is 2.92 bits per heavy atom. The fraction of sp³-hybridized carbons (Fsp3) is 0.455. The van der Waals surface area contributed by atoms with E-state index in [2.05, 4.69) is 19.1 Å². The van der Waals surface area contributed by atoms with Gasteiger partial charge in [0.2, 0.25) is 0 Å². The second kappa shape index (κ2) is 5.87. The monoisotopic (exact) mass is 198 g/mol. The highest BCUT2D eigenvalue weighted by Gasteiger charge is 1.95. The Hall–Kier alpha value is -0.690. The molecule has 2 heteroatoms. The van der Waals surface area contributed by atoms with Gasteiger partial charge in [0.05, 0.1) is 6.61 Å². The fourth-order valence-corrected chi connectivity index (χ4v) is 1.34. The molecule has 0 bridgehead atoms. The summed E-state index contributed by atoms with van der Waals surface area (Å²) in [6, 6.07) is 8.11. The number of rotatable bonds is 5. The van der Waals surface area contributed by atoms with Gasteiger partial charge in [0, 0.05) is 5.88 Å². The molecule has 0 heterocycles. The van der Waals surface area contributed by atoms with Gasteiger partial charge in [-0.15, -0.1) is 11.6 Å². The van der Waals surface area contributed by atoms with Crippen LogP contribution in [0.15, 0.2) is 24.3 Å². The van der Waals surface area contributed by atoms with E-state index in [1.54, 1.807) is 0 Å². The summed E-state index contributed by atoms with van der Waals surface area (Å²) in [5.41, 5.74) is 1.24. The van der Waals surface area contributed by atoms with E-state index in [9.17, 15) is 0 Å². The molecule has 0 saturated heterocycles. The third-order valence-electron chi connectivity index (χ3n) is 1.75. The lowest BCUT2D eigenvalue weighted by atomic mass is 10.2. The van der Waals surface area contributed by atoms with E-state index >= 15 is 0 Å². The lowest BCUT2D eigenvalue weighted by Crippen LogP contribution is -1.95. The molecule has 0 radical (unpaired) electrons. The molecule has 0 saturated carbocycles. The lowest BCUT2D eigenvalue weighted by molar-refractivity contribution is 0.317. The number of ether oxygens (including phenoxy) is 1. The SMILES string of the molecule is CCCOc1cccc(CCCl)c1. The van der Waals surface area contributed by atoms with Gasteiger partial charge in [0.25, 0.3) is 0 Å². The van der Waals surface area contributed by atoms with E-state index in [-0.39, 0.29) is 0 Å². The molecule has 1 aromatic rings. The zero-order chi connectivity index (χ0) is 9.52. The minimum Gasteiger partial charge on any atom is -0.494 e. The Kier molecular flexibility index (Phi) is 4.69. The molecular weight excluding hydrogens is 184 g/mol. The molecule has 0 amide bonds. The average Bonchev–Trinajstić information content (AvgIpc) is 2.16. The van der Waals surface area contributed by atoms with Crippen molar-refractivity contribution in [2.75, 3.05) is 12.5 Å². The number of aryl methyl sites for hydroxylation is 1. The maximum atomic E-state index is 5.65. The number of halogens is 1. The summed E-state index contributed by atoms with van der Waals surface area (Å²) >= 11 is 5.65. The van der Waals surface area contributed by atoms with Crippen LogP contribution in [0.4, 0.5) is 0 Å². The van der Waals surface area contributed by atoms with Crippen LogP contribution in [0.1, 0.15) is 18.9 Å². The summed E-state index contributed by atoms with van der Waals surface area (Å²) in [6.07, 6.45) is 1.95. The molecule has 13 heavy (non-hydrogen) atoms. The second-order valence-corrected chi connectivity index (χ2v) is 3.31. The van der Waals surface area contributed by atoms with Crippen LogP contribution in [-0.4, -0.2) is 12.5 Å². The third-order valence-corrected chi connectivity index (χ3v) is 1.94. The minimum atomic E-state index is 0.664. The summed E-state index contributed by atoms with van der Waals surface area (Å²) in [4.78, 5) is 0. The van der Waals surface area contributed by atoms with Crippen LogP contribution in [0, 0.1) is 0 Å². The molecule has 1 aromatic carbocycles. The van der Waals surface area contributed by atoms with Crippen molar-refractivity contribution in [3.63, 3.8) is 0 Å². The van der Waals surface area contributed by atoms with Gasteiger partial charge in [-0.3, -0.25) is 0 Å². The zero-order valence-electron chi connectivity index (χ0n) is 7.92. The van der Waals surface area contributed by atoms with Crippen LogP contribution in [0.5, 0.6) is 5.75 Å². The average molecular weight is 199 g/mol. The molecule has 1 rings (SSSR count). The number of benzene rings is 1. The lowest BCUT2D eigenvalue weighted by Gasteiger charge is -2.05. The first-order chi connectivity index (χ1) is 6.36. The molecule has 0 spiro atoms. The van der Waals surface area contributed by atoms with Crippen LogP contribution in [0.25, 0.3) is 0 Å². The Morgan fingerprint density at radius 1 is 1.38 bits per heavy atom. The van der Waals surface area contributed by atoms with Gasteiger partial charge in [-0.1, -0.05) is 19.1 Å². The van der Waals surface area contributed by atoms with Gasteiger partial charge in [0.15, 0.2) is 0 Å². The summed E-state index contributed by atoms with van der Waals surface area (Å²) in [7, 11) is 0. The van der Waals surface area contributed by atoms with Crippen LogP contribution in [0.2, 0.25) is 0 Å². The Bertz CT molecular complexity index is 248. The fourth-order valence-electron chi connectivity index (χ4n) is 1.12. The van der Waals surface area contributed by atoms with Crippen LogP contribution >= 0.6 is 11.6 Å². The first kappa shape index (κ1) is 10.4. The van der Waals surface area contributed by atoms with E-state index < -0.39 is 0 Å². The minimum absolute atomic E-state index is 0.664. The van der Waals surface area contributed by atoms with Crippen molar-refractivity contribution in [3.05, 3.63) is 29.8 Å². The molecule has 0 aliphatic heterocycles. The largest absolute Gasteiger partial charge is 0.494 e. The maximum absolute atomic E-state index is 5.65. The van der Waals surface area contributed by atoms with Crippen molar-refractivity contribution in [1.82, 2.24) is 0 Å². The highest BCUT2D eigenvalue weighted by atomic mass is 35.5. The van der Waals surface area contributed by atoms with E-state index in [0.717, 1.165) is 25.2 Å². The standard InChI is InChI=1S/C11H15ClO/c1-2-8-13-11-5-3-4-10(9-11)6-7-12/h3-5,9H,2,6-8H2,1H3. The van der Waals surface area contributed by atoms with Crippen LogP contribution in [0.3, 0.4) is 0 Å². The van der Waals surface area contributed by atoms with Gasteiger partial charge >= 0.3 is 0 Å². The normalized spacial score (nSPS) is 10.0. The van der Waals surface area contributed by atoms with Crippen molar-refractivity contribution in [1.29, 1.82) is 0 Å². The van der Waals surface area contributed by atoms with Gasteiger partial charge in [-0.05, 0) is 30.5 Å². The first-order valence-electron chi connectivity index (χ1n) is 4.64. The molecule has 0 fully saturated rings. The van der Waals surface area contributed by atoms with E-state index in [1.165, 1.54) is 5.56 Å². The van der Waals surface area contributed by atoms with Gasteiger partial charge in [-0.25, -0.2) is 0 Å². The molecular formula is C11H15ClO. The summed E-state index contributed by atoms with van der Waals surface area (Å²) in [5.74, 6) is 1.61. The topological polar surface area (TPSA) is 9.23 Å². The molecule has 0 aromatic heterocycles. The van der Waals surface area contributed by atoms with Crippen molar-refractivity contribution in [2.24, 2.45) is 0 Å². The van der Waals surface area contributed by atoms with Crippen molar-refractivity contribution in [2.45, 2.75) is 19.8 Å². The quantitative estimate of drug-likeness (QED) is 0.660. The second-order valence-electron chi connectivity index (χ2n) is 2.93. The highest BCUT2D eigenvalue weighted by Crippen LogP contribution is 2.14. The van der Waals surface area contributed by atoms with Crippen molar-refractivity contribution < 1.29 is 4.74 Å². The van der Waals surface area contributed by atoms with Crippen LogP contribution < -0.4 is 4.74 Å². The first-order valence-corrected chi connectivity index (χ1v) is 5.18. The third kappa shape index (κ3) is 3.69.